The number of unbranched alkanes of at least 4 members (excludes halogenated alkanes) is 1. The predicted octanol–water partition coefficient (Wildman–Crippen LogP) is 4.50. The SMILES string of the molecule is CCCCC(CC)CO.Cc1ccccc1C. The fraction of sp³-hybridized carbons (Fsp3) is 0.625. The zero-order valence-electron chi connectivity index (χ0n) is 11.9. The second-order valence-electron chi connectivity index (χ2n) is 4.68. The van der Waals surface area contributed by atoms with Crippen molar-refractivity contribution in [1.82, 2.24) is 0 Å². The van der Waals surface area contributed by atoms with E-state index in [1.54, 1.807) is 0 Å². The van der Waals surface area contributed by atoms with Gasteiger partial charge in [-0.25, -0.2) is 0 Å². The van der Waals surface area contributed by atoms with Crippen LogP contribution >= 0.6 is 0 Å². The molecule has 0 amide bonds. The Morgan fingerprint density at radius 3 is 1.88 bits per heavy atom. The first-order valence-electron chi connectivity index (χ1n) is 6.78. The molecule has 0 fully saturated rings. The van der Waals surface area contributed by atoms with Gasteiger partial charge in [0.05, 0.1) is 0 Å². The molecule has 1 rings (SSSR count). The molecule has 0 aromatic heterocycles. The lowest BCUT2D eigenvalue weighted by molar-refractivity contribution is 0.212. The van der Waals surface area contributed by atoms with Crippen LogP contribution in [0, 0.1) is 19.8 Å². The topological polar surface area (TPSA) is 20.2 Å². The normalized spacial score (nSPS) is 11.6. The molecule has 1 aromatic rings. The van der Waals surface area contributed by atoms with E-state index in [0.717, 1.165) is 6.42 Å². The molecule has 1 aromatic carbocycles. The van der Waals surface area contributed by atoms with Gasteiger partial charge in [-0.2, -0.15) is 0 Å². The molecule has 1 nitrogen and oxygen atoms in total. The van der Waals surface area contributed by atoms with Gasteiger partial charge >= 0.3 is 0 Å². The third-order valence-electron chi connectivity index (χ3n) is 3.23. The minimum absolute atomic E-state index is 0.372. The highest BCUT2D eigenvalue weighted by molar-refractivity contribution is 5.23. The molecule has 1 unspecified atom stereocenters. The number of benzene rings is 1. The summed E-state index contributed by atoms with van der Waals surface area (Å²) in [7, 11) is 0. The minimum atomic E-state index is 0.372. The molecule has 0 saturated carbocycles. The summed E-state index contributed by atoms with van der Waals surface area (Å²) in [6.07, 6.45) is 4.83. The molecular weight excluding hydrogens is 208 g/mol. The molecule has 0 radical (unpaired) electrons. The molecule has 1 atom stereocenters. The van der Waals surface area contributed by atoms with Crippen LogP contribution in [-0.4, -0.2) is 11.7 Å². The summed E-state index contributed by atoms with van der Waals surface area (Å²) < 4.78 is 0. The lowest BCUT2D eigenvalue weighted by Gasteiger charge is -2.08. The van der Waals surface area contributed by atoms with Gasteiger partial charge in [-0.1, -0.05) is 57.4 Å². The van der Waals surface area contributed by atoms with Crippen molar-refractivity contribution < 1.29 is 5.11 Å². The van der Waals surface area contributed by atoms with E-state index in [2.05, 4.69) is 52.0 Å². The maximum absolute atomic E-state index is 8.75. The molecule has 1 heteroatoms. The van der Waals surface area contributed by atoms with E-state index in [0.29, 0.717) is 12.5 Å². The first-order chi connectivity index (χ1) is 8.15. The Morgan fingerprint density at radius 1 is 1.06 bits per heavy atom. The van der Waals surface area contributed by atoms with Crippen LogP contribution < -0.4 is 0 Å². The van der Waals surface area contributed by atoms with Crippen LogP contribution in [-0.2, 0) is 0 Å². The van der Waals surface area contributed by atoms with Crippen LogP contribution in [0.5, 0.6) is 0 Å². The van der Waals surface area contributed by atoms with Crippen LogP contribution in [0.15, 0.2) is 24.3 Å². The summed E-state index contributed by atoms with van der Waals surface area (Å²) in [5.74, 6) is 0.560. The van der Waals surface area contributed by atoms with Gasteiger partial charge in [-0.3, -0.25) is 0 Å². The van der Waals surface area contributed by atoms with Gasteiger partial charge in [0.15, 0.2) is 0 Å². The Hall–Kier alpha value is -0.820. The van der Waals surface area contributed by atoms with Crippen LogP contribution in [0.25, 0.3) is 0 Å². The number of aliphatic hydroxyl groups excluding tert-OH is 1. The molecule has 0 spiro atoms. The highest BCUT2D eigenvalue weighted by Crippen LogP contribution is 2.10. The first kappa shape index (κ1) is 16.2. The van der Waals surface area contributed by atoms with Crippen LogP contribution in [0.1, 0.15) is 50.7 Å². The molecule has 0 heterocycles. The molecule has 0 saturated heterocycles. The van der Waals surface area contributed by atoms with Gasteiger partial charge in [0.25, 0.3) is 0 Å². The Bertz CT molecular complexity index is 256. The predicted molar refractivity (Wildman–Crippen MR) is 76.3 cm³/mol. The Labute approximate surface area is 107 Å². The van der Waals surface area contributed by atoms with Gasteiger partial charge in [-0.05, 0) is 37.3 Å². The monoisotopic (exact) mass is 236 g/mol. The standard InChI is InChI=1S/C8H18O.C8H10/c1-3-5-6-8(4-2)7-9;1-7-5-3-4-6-8(7)2/h8-9H,3-7H2,1-2H3;3-6H,1-2H3. The molecular formula is C16H28O. The molecule has 98 valence electrons. The quantitative estimate of drug-likeness (QED) is 0.798. The third-order valence-corrected chi connectivity index (χ3v) is 3.23. The highest BCUT2D eigenvalue weighted by Gasteiger charge is 2.01. The Balaban J connectivity index is 0.000000302. The van der Waals surface area contributed by atoms with Crippen molar-refractivity contribution in [1.29, 1.82) is 0 Å². The zero-order chi connectivity index (χ0) is 13.1. The summed E-state index contributed by atoms with van der Waals surface area (Å²) in [6.45, 7) is 8.93. The van der Waals surface area contributed by atoms with E-state index in [-0.39, 0.29) is 0 Å². The number of hydrogen-bond donors (Lipinski definition) is 1. The van der Waals surface area contributed by atoms with Gasteiger partial charge < -0.3 is 5.11 Å². The van der Waals surface area contributed by atoms with Gasteiger partial charge in [0, 0.05) is 6.61 Å². The summed E-state index contributed by atoms with van der Waals surface area (Å²) in [5, 5.41) is 8.75. The largest absolute Gasteiger partial charge is 0.396 e. The molecule has 0 aliphatic rings. The van der Waals surface area contributed by atoms with Gasteiger partial charge in [0.2, 0.25) is 0 Å². The second kappa shape index (κ2) is 10.3. The summed E-state index contributed by atoms with van der Waals surface area (Å²) in [5.41, 5.74) is 2.74. The van der Waals surface area contributed by atoms with Crippen LogP contribution in [0.4, 0.5) is 0 Å². The van der Waals surface area contributed by atoms with Crippen molar-refractivity contribution in [2.45, 2.75) is 53.4 Å². The van der Waals surface area contributed by atoms with Crippen molar-refractivity contribution in [3.63, 3.8) is 0 Å². The molecule has 17 heavy (non-hydrogen) atoms. The van der Waals surface area contributed by atoms with Crippen molar-refractivity contribution in [3.05, 3.63) is 35.4 Å². The summed E-state index contributed by atoms with van der Waals surface area (Å²) in [4.78, 5) is 0. The molecule has 0 bridgehead atoms. The maximum Gasteiger partial charge on any atom is 0.0459 e. The highest BCUT2D eigenvalue weighted by atomic mass is 16.3. The Morgan fingerprint density at radius 2 is 1.59 bits per heavy atom. The van der Waals surface area contributed by atoms with E-state index in [9.17, 15) is 0 Å². The van der Waals surface area contributed by atoms with E-state index in [1.807, 2.05) is 0 Å². The lowest BCUT2D eigenvalue weighted by atomic mass is 10.0. The van der Waals surface area contributed by atoms with Crippen molar-refractivity contribution >= 4 is 0 Å². The smallest absolute Gasteiger partial charge is 0.0459 e. The lowest BCUT2D eigenvalue weighted by Crippen LogP contribution is -2.03. The number of rotatable bonds is 5. The summed E-state index contributed by atoms with van der Waals surface area (Å²) in [6, 6.07) is 8.36. The third kappa shape index (κ3) is 7.98. The average Bonchev–Trinajstić information content (AvgIpc) is 2.35. The minimum Gasteiger partial charge on any atom is -0.396 e. The maximum atomic E-state index is 8.75. The van der Waals surface area contributed by atoms with Crippen LogP contribution in [0.3, 0.4) is 0 Å². The first-order valence-corrected chi connectivity index (χ1v) is 6.78. The van der Waals surface area contributed by atoms with Crippen molar-refractivity contribution in [3.8, 4) is 0 Å². The van der Waals surface area contributed by atoms with Crippen LogP contribution in [0.2, 0.25) is 0 Å². The molecule has 1 N–H and O–H groups in total. The number of hydrogen-bond acceptors (Lipinski definition) is 1. The average molecular weight is 236 g/mol. The second-order valence-corrected chi connectivity index (χ2v) is 4.68. The fourth-order valence-electron chi connectivity index (χ4n) is 1.58. The van der Waals surface area contributed by atoms with Gasteiger partial charge in [-0.15, -0.1) is 0 Å². The van der Waals surface area contributed by atoms with E-state index >= 15 is 0 Å². The van der Waals surface area contributed by atoms with Crippen molar-refractivity contribution in [2.24, 2.45) is 5.92 Å². The number of aryl methyl sites for hydroxylation is 2. The summed E-state index contributed by atoms with van der Waals surface area (Å²) >= 11 is 0. The van der Waals surface area contributed by atoms with Crippen molar-refractivity contribution in [2.75, 3.05) is 6.61 Å². The van der Waals surface area contributed by atoms with E-state index in [1.165, 1.54) is 30.4 Å². The Kier molecular flexibility index (Phi) is 9.84. The van der Waals surface area contributed by atoms with Gasteiger partial charge in [0.1, 0.15) is 0 Å². The fourth-order valence-corrected chi connectivity index (χ4v) is 1.58. The van der Waals surface area contributed by atoms with E-state index in [4.69, 9.17) is 5.11 Å². The zero-order valence-corrected chi connectivity index (χ0v) is 11.9. The van der Waals surface area contributed by atoms with E-state index < -0.39 is 0 Å². The molecule has 0 aliphatic carbocycles. The number of aliphatic hydroxyl groups is 1. The molecule has 0 aliphatic heterocycles.